The van der Waals surface area contributed by atoms with Crippen molar-refractivity contribution in [3.05, 3.63) is 145 Å². The van der Waals surface area contributed by atoms with Crippen LogP contribution in [-0.2, 0) is 0 Å². The number of benzene rings is 8. The molecule has 53 heavy (non-hydrogen) atoms. The fourth-order valence-electron chi connectivity index (χ4n) is 10.7. The van der Waals surface area contributed by atoms with Crippen molar-refractivity contribution in [1.29, 1.82) is 0 Å². The average Bonchev–Trinajstić information content (AvgIpc) is 3.61. The van der Waals surface area contributed by atoms with Crippen LogP contribution >= 0.6 is 11.3 Å². The Hall–Kier alpha value is -4.98. The number of rotatable bonds is 4. The summed E-state index contributed by atoms with van der Waals surface area (Å²) in [6.07, 6.45) is 13.3. The van der Waals surface area contributed by atoms with Crippen LogP contribution in [0.15, 0.2) is 133 Å². The van der Waals surface area contributed by atoms with Gasteiger partial charge in [-0.1, -0.05) is 160 Å². The van der Waals surface area contributed by atoms with Crippen LogP contribution in [0.25, 0.3) is 85.5 Å². The van der Waals surface area contributed by atoms with Gasteiger partial charge in [-0.25, -0.2) is 0 Å². The molecule has 2 aliphatic carbocycles. The van der Waals surface area contributed by atoms with Crippen LogP contribution in [0.4, 0.5) is 0 Å². The number of fused-ring (bicyclic) bond motifs is 7. The van der Waals surface area contributed by atoms with Gasteiger partial charge in [-0.2, -0.15) is 0 Å². The van der Waals surface area contributed by atoms with Crippen molar-refractivity contribution in [1.82, 2.24) is 0 Å². The van der Waals surface area contributed by atoms with Crippen LogP contribution in [0.5, 0.6) is 0 Å². The normalized spacial score (nSPS) is 16.2. The Labute approximate surface area is 316 Å². The first-order chi connectivity index (χ1) is 26.3. The topological polar surface area (TPSA) is 0 Å². The molecule has 8 aromatic carbocycles. The molecule has 0 radical (unpaired) electrons. The second kappa shape index (κ2) is 12.9. The Morgan fingerprint density at radius 2 is 0.792 bits per heavy atom. The zero-order valence-corrected chi connectivity index (χ0v) is 31.2. The highest BCUT2D eigenvalue weighted by Gasteiger charge is 2.26. The molecule has 2 saturated carbocycles. The minimum atomic E-state index is 0.634. The SMILES string of the molecule is c1ccc2c(C3CCCCC3)c3ccccc3c(-c3ccc4sc5c(-c6c7ccccc7c(C7CCCCC7)c7ccccc67)cccc5c4c3)c2c1. The Bertz CT molecular complexity index is 2740. The lowest BCUT2D eigenvalue weighted by atomic mass is 9.78. The fourth-order valence-corrected chi connectivity index (χ4v) is 11.9. The molecule has 1 aromatic heterocycles. The molecule has 0 spiro atoms. The molecule has 2 fully saturated rings. The monoisotopic (exact) mass is 700 g/mol. The molecule has 0 N–H and O–H groups in total. The zero-order valence-electron chi connectivity index (χ0n) is 30.3. The first-order valence-corrected chi connectivity index (χ1v) is 21.0. The van der Waals surface area contributed by atoms with Crippen LogP contribution in [0, 0.1) is 0 Å². The van der Waals surface area contributed by atoms with Crippen molar-refractivity contribution in [2.75, 3.05) is 0 Å². The van der Waals surface area contributed by atoms with E-state index in [1.807, 2.05) is 11.3 Å². The van der Waals surface area contributed by atoms with Gasteiger partial charge in [0, 0.05) is 25.7 Å². The second-order valence-electron chi connectivity index (χ2n) is 15.9. The van der Waals surface area contributed by atoms with Gasteiger partial charge in [-0.15, -0.1) is 11.3 Å². The Kier molecular flexibility index (Phi) is 7.65. The number of hydrogen-bond donors (Lipinski definition) is 0. The standard InChI is InChI=1S/C52H44S/c1-3-16-33(17-4-1)48-36-20-7-9-22-38(36)50(39-23-10-8-21-37(39)48)35-30-31-47-46(32-35)44-28-15-29-45(52(44)53-47)51-42-26-13-11-24-40(42)49(34-18-5-2-6-19-34)41-25-12-14-27-43(41)51/h7-15,20-34H,1-6,16-19H2. The van der Waals surface area contributed by atoms with Crippen molar-refractivity contribution in [2.45, 2.75) is 76.0 Å². The Morgan fingerprint density at radius 1 is 0.358 bits per heavy atom. The van der Waals surface area contributed by atoms with E-state index < -0.39 is 0 Å². The summed E-state index contributed by atoms with van der Waals surface area (Å²) in [6, 6.07) is 51.5. The van der Waals surface area contributed by atoms with Gasteiger partial charge >= 0.3 is 0 Å². The van der Waals surface area contributed by atoms with Crippen LogP contribution < -0.4 is 0 Å². The summed E-state index contributed by atoms with van der Waals surface area (Å²) in [6.45, 7) is 0. The molecule has 0 atom stereocenters. The first-order valence-electron chi connectivity index (χ1n) is 20.2. The van der Waals surface area contributed by atoms with E-state index in [4.69, 9.17) is 0 Å². The van der Waals surface area contributed by atoms with Crippen molar-refractivity contribution < 1.29 is 0 Å². The molecule has 2 aliphatic rings. The average molecular weight is 701 g/mol. The maximum atomic E-state index is 2.51. The van der Waals surface area contributed by atoms with Crippen molar-refractivity contribution in [3.63, 3.8) is 0 Å². The predicted molar refractivity (Wildman–Crippen MR) is 232 cm³/mol. The molecule has 0 aliphatic heterocycles. The first kappa shape index (κ1) is 31.5. The highest BCUT2D eigenvalue weighted by atomic mass is 32.1. The van der Waals surface area contributed by atoms with Crippen LogP contribution in [-0.4, -0.2) is 0 Å². The zero-order chi connectivity index (χ0) is 34.9. The van der Waals surface area contributed by atoms with Gasteiger partial charge in [-0.3, -0.25) is 0 Å². The summed E-state index contributed by atoms with van der Waals surface area (Å²) in [7, 11) is 0. The van der Waals surface area contributed by atoms with E-state index >= 15 is 0 Å². The Morgan fingerprint density at radius 3 is 1.28 bits per heavy atom. The molecular weight excluding hydrogens is 657 g/mol. The Balaban J connectivity index is 1.15. The summed E-state index contributed by atoms with van der Waals surface area (Å²) in [5.41, 5.74) is 8.62. The molecule has 258 valence electrons. The maximum absolute atomic E-state index is 2.51. The largest absolute Gasteiger partial charge is 0.135 e. The van der Waals surface area contributed by atoms with E-state index in [0.717, 1.165) is 0 Å². The highest BCUT2D eigenvalue weighted by Crippen LogP contribution is 2.50. The quantitative estimate of drug-likeness (QED) is 0.160. The number of hydrogen-bond acceptors (Lipinski definition) is 1. The van der Waals surface area contributed by atoms with Gasteiger partial charge < -0.3 is 0 Å². The molecule has 9 aromatic rings. The smallest absolute Gasteiger partial charge is 0.0434 e. The van der Waals surface area contributed by atoms with E-state index in [-0.39, 0.29) is 0 Å². The molecule has 0 saturated heterocycles. The summed E-state index contributed by atoms with van der Waals surface area (Å²) < 4.78 is 2.75. The summed E-state index contributed by atoms with van der Waals surface area (Å²) in [5, 5.41) is 14.1. The van der Waals surface area contributed by atoms with E-state index in [1.54, 1.807) is 11.1 Å². The summed E-state index contributed by atoms with van der Waals surface area (Å²) in [5.74, 6) is 1.27. The lowest BCUT2D eigenvalue weighted by Gasteiger charge is -2.26. The minimum Gasteiger partial charge on any atom is -0.135 e. The van der Waals surface area contributed by atoms with Crippen LogP contribution in [0.2, 0.25) is 0 Å². The molecule has 0 bridgehead atoms. The van der Waals surface area contributed by atoms with Crippen molar-refractivity contribution in [3.8, 4) is 22.3 Å². The fraction of sp³-hybridized carbons (Fsp3) is 0.231. The minimum absolute atomic E-state index is 0.634. The maximum Gasteiger partial charge on any atom is 0.0434 e. The van der Waals surface area contributed by atoms with Gasteiger partial charge in [0.15, 0.2) is 0 Å². The van der Waals surface area contributed by atoms with Gasteiger partial charge in [0.25, 0.3) is 0 Å². The van der Waals surface area contributed by atoms with E-state index in [9.17, 15) is 0 Å². The lowest BCUT2D eigenvalue weighted by Crippen LogP contribution is -2.06. The molecule has 0 nitrogen and oxygen atoms in total. The summed E-state index contributed by atoms with van der Waals surface area (Å²) >= 11 is 1.96. The van der Waals surface area contributed by atoms with Gasteiger partial charge in [0.05, 0.1) is 0 Å². The second-order valence-corrected chi connectivity index (χ2v) is 17.0. The van der Waals surface area contributed by atoms with Gasteiger partial charge in [0.1, 0.15) is 0 Å². The molecule has 1 heterocycles. The third-order valence-corrected chi connectivity index (χ3v) is 14.2. The molecular formula is C52H44S. The highest BCUT2D eigenvalue weighted by molar-refractivity contribution is 7.26. The molecule has 0 amide bonds. The third kappa shape index (κ3) is 5.00. The van der Waals surface area contributed by atoms with E-state index in [0.29, 0.717) is 11.8 Å². The van der Waals surface area contributed by atoms with Gasteiger partial charge in [0.2, 0.25) is 0 Å². The van der Waals surface area contributed by atoms with E-state index in [1.165, 1.54) is 150 Å². The van der Waals surface area contributed by atoms with Crippen molar-refractivity contribution >= 4 is 74.6 Å². The molecule has 1 heteroatoms. The lowest BCUT2D eigenvalue weighted by molar-refractivity contribution is 0.447. The van der Waals surface area contributed by atoms with Gasteiger partial charge in [-0.05, 0) is 121 Å². The van der Waals surface area contributed by atoms with Crippen LogP contribution in [0.1, 0.15) is 87.2 Å². The third-order valence-electron chi connectivity index (χ3n) is 13.0. The predicted octanol–water partition coefficient (Wildman–Crippen LogP) is 16.1. The molecule has 11 rings (SSSR count). The summed E-state index contributed by atoms with van der Waals surface area (Å²) in [4.78, 5) is 0. The van der Waals surface area contributed by atoms with Crippen LogP contribution in [0.3, 0.4) is 0 Å². The van der Waals surface area contributed by atoms with E-state index in [2.05, 4.69) is 133 Å². The van der Waals surface area contributed by atoms with Crippen molar-refractivity contribution in [2.24, 2.45) is 0 Å². The molecule has 0 unspecified atom stereocenters. The number of thiophene rings is 1.